The van der Waals surface area contributed by atoms with Crippen LogP contribution in [0.3, 0.4) is 0 Å². The van der Waals surface area contributed by atoms with E-state index in [2.05, 4.69) is 10.6 Å². The lowest BCUT2D eigenvalue weighted by Gasteiger charge is -2.32. The summed E-state index contributed by atoms with van der Waals surface area (Å²) in [6, 6.07) is 12.1. The summed E-state index contributed by atoms with van der Waals surface area (Å²) in [5.41, 5.74) is 5.29. The molecular formula is C26H36N4O5. The van der Waals surface area contributed by atoms with Crippen LogP contribution in [0.2, 0.25) is 0 Å². The van der Waals surface area contributed by atoms with Crippen LogP contribution in [-0.2, 0) is 25.5 Å². The lowest BCUT2D eigenvalue weighted by atomic mass is 10.0. The number of rotatable bonds is 10. The van der Waals surface area contributed by atoms with Crippen LogP contribution in [0.4, 0.5) is 0 Å². The highest BCUT2D eigenvalue weighted by Gasteiger charge is 2.44. The summed E-state index contributed by atoms with van der Waals surface area (Å²) in [7, 11) is 1.42. The fourth-order valence-electron chi connectivity index (χ4n) is 4.24. The summed E-state index contributed by atoms with van der Waals surface area (Å²) in [4.78, 5) is 40.6. The number of nitrogens with two attached hydrogens (primary N) is 1. The number of methoxy groups -OCH3 is 1. The molecule has 3 amide bonds. The summed E-state index contributed by atoms with van der Waals surface area (Å²) < 4.78 is 5.28. The quantitative estimate of drug-likeness (QED) is 0.367. The van der Waals surface area contributed by atoms with Crippen molar-refractivity contribution in [1.29, 1.82) is 0 Å². The van der Waals surface area contributed by atoms with Crippen molar-refractivity contribution in [2.45, 2.75) is 56.9 Å². The standard InChI is InChI=1S/C26H36N4O5/c1-26(2,35-3)25(34)30-16-20(31)15-22(30)24(33)29-21(23(32)28-12-6-11-27)14-17-9-10-18-7-4-5-8-19(18)13-17/h4-5,7-10,13,20-22,31H,6,11-12,14-16,27H2,1-3H3,(H,28,32)(H,29,33)/t20-,21-,22?/m1/s1. The molecule has 35 heavy (non-hydrogen) atoms. The number of hydrogen-bond acceptors (Lipinski definition) is 6. The molecule has 1 fully saturated rings. The monoisotopic (exact) mass is 484 g/mol. The topological polar surface area (TPSA) is 134 Å². The van der Waals surface area contributed by atoms with Crippen LogP contribution in [0.5, 0.6) is 0 Å². The number of carbonyl (C=O) groups is 3. The van der Waals surface area contributed by atoms with E-state index in [1.54, 1.807) is 13.8 Å². The van der Waals surface area contributed by atoms with Crippen LogP contribution in [0.15, 0.2) is 42.5 Å². The van der Waals surface area contributed by atoms with Gasteiger partial charge in [-0.3, -0.25) is 14.4 Å². The summed E-state index contributed by atoms with van der Waals surface area (Å²) in [6.45, 7) is 4.09. The third-order valence-electron chi connectivity index (χ3n) is 6.43. The molecule has 9 heteroatoms. The first-order chi connectivity index (χ1) is 16.7. The van der Waals surface area contributed by atoms with Crippen molar-refractivity contribution in [2.75, 3.05) is 26.7 Å². The number of nitrogens with zero attached hydrogens (tertiary/aromatic N) is 1. The van der Waals surface area contributed by atoms with Gasteiger partial charge in [-0.15, -0.1) is 0 Å². The molecule has 3 atom stereocenters. The number of β-amino-alcohol motifs (C(OH)–C–C–N with tert-alkyl or cyclic N) is 1. The predicted molar refractivity (Wildman–Crippen MR) is 133 cm³/mol. The highest BCUT2D eigenvalue weighted by molar-refractivity contribution is 5.94. The van der Waals surface area contributed by atoms with E-state index in [1.807, 2.05) is 42.5 Å². The molecule has 5 N–H and O–H groups in total. The van der Waals surface area contributed by atoms with E-state index in [0.717, 1.165) is 16.3 Å². The first-order valence-electron chi connectivity index (χ1n) is 12.0. The van der Waals surface area contributed by atoms with Crippen molar-refractivity contribution in [1.82, 2.24) is 15.5 Å². The average Bonchev–Trinajstić information content (AvgIpc) is 3.24. The lowest BCUT2D eigenvalue weighted by Crippen LogP contribution is -2.56. The molecule has 0 spiro atoms. The molecule has 190 valence electrons. The largest absolute Gasteiger partial charge is 0.391 e. The number of likely N-dealkylation sites (tertiary alicyclic amines) is 1. The Hall–Kier alpha value is -3.01. The Balaban J connectivity index is 1.80. The highest BCUT2D eigenvalue weighted by Crippen LogP contribution is 2.24. The van der Waals surface area contributed by atoms with E-state index >= 15 is 0 Å². The molecule has 0 saturated carbocycles. The van der Waals surface area contributed by atoms with E-state index in [9.17, 15) is 19.5 Å². The molecule has 2 aromatic rings. The van der Waals surface area contributed by atoms with Crippen LogP contribution in [0.25, 0.3) is 10.8 Å². The molecule has 2 aromatic carbocycles. The molecule has 1 heterocycles. The number of aliphatic hydroxyl groups is 1. The number of ether oxygens (including phenoxy) is 1. The minimum atomic E-state index is -1.15. The number of benzene rings is 2. The second-order valence-corrected chi connectivity index (χ2v) is 9.46. The zero-order valence-corrected chi connectivity index (χ0v) is 20.6. The third kappa shape index (κ3) is 6.56. The van der Waals surface area contributed by atoms with Crippen LogP contribution in [0.1, 0.15) is 32.3 Å². The number of aliphatic hydroxyl groups excluding tert-OH is 1. The normalized spacial score (nSPS) is 18.9. The number of hydrogen-bond donors (Lipinski definition) is 4. The van der Waals surface area contributed by atoms with Gasteiger partial charge in [-0.05, 0) is 43.1 Å². The Bertz CT molecular complexity index is 1060. The zero-order chi connectivity index (χ0) is 25.6. The Morgan fingerprint density at radius 2 is 1.91 bits per heavy atom. The zero-order valence-electron chi connectivity index (χ0n) is 20.6. The minimum absolute atomic E-state index is 0.0295. The molecular weight excluding hydrogens is 448 g/mol. The van der Waals surface area contributed by atoms with Gasteiger partial charge in [-0.2, -0.15) is 0 Å². The Kier molecular flexibility index (Phi) is 8.82. The summed E-state index contributed by atoms with van der Waals surface area (Å²) >= 11 is 0. The van der Waals surface area contributed by atoms with Gasteiger partial charge in [-0.1, -0.05) is 42.5 Å². The van der Waals surface area contributed by atoms with Crippen LogP contribution < -0.4 is 16.4 Å². The minimum Gasteiger partial charge on any atom is -0.391 e. The number of amides is 3. The summed E-state index contributed by atoms with van der Waals surface area (Å²) in [5, 5.41) is 18.0. The van der Waals surface area contributed by atoms with Gasteiger partial charge in [0.15, 0.2) is 0 Å². The Labute approximate surface area is 206 Å². The van der Waals surface area contributed by atoms with Crippen molar-refractivity contribution < 1.29 is 24.2 Å². The maximum Gasteiger partial charge on any atom is 0.254 e. The summed E-state index contributed by atoms with van der Waals surface area (Å²) in [5.74, 6) is -1.20. The fraction of sp³-hybridized carbons (Fsp3) is 0.500. The Morgan fingerprint density at radius 3 is 2.60 bits per heavy atom. The smallest absolute Gasteiger partial charge is 0.254 e. The lowest BCUT2D eigenvalue weighted by molar-refractivity contribution is -0.154. The second-order valence-electron chi connectivity index (χ2n) is 9.46. The molecule has 0 aliphatic carbocycles. The second kappa shape index (κ2) is 11.6. The van der Waals surface area contributed by atoms with Gasteiger partial charge < -0.3 is 31.1 Å². The predicted octanol–water partition coefficient (Wildman–Crippen LogP) is 0.719. The number of nitrogens with one attached hydrogen (secondary N) is 2. The summed E-state index contributed by atoms with van der Waals surface area (Å²) in [6.07, 6.45) is 0.151. The van der Waals surface area contributed by atoms with Gasteiger partial charge >= 0.3 is 0 Å². The highest BCUT2D eigenvalue weighted by atomic mass is 16.5. The molecule has 0 radical (unpaired) electrons. The van der Waals surface area contributed by atoms with Gasteiger partial charge in [-0.25, -0.2) is 0 Å². The van der Waals surface area contributed by atoms with E-state index in [-0.39, 0.29) is 25.3 Å². The van der Waals surface area contributed by atoms with Crippen molar-refractivity contribution in [3.05, 3.63) is 48.0 Å². The first-order valence-corrected chi connectivity index (χ1v) is 12.0. The van der Waals surface area contributed by atoms with Crippen molar-refractivity contribution in [3.63, 3.8) is 0 Å². The van der Waals surface area contributed by atoms with Gasteiger partial charge in [0, 0.05) is 33.0 Å². The third-order valence-corrected chi connectivity index (χ3v) is 6.43. The van der Waals surface area contributed by atoms with Crippen molar-refractivity contribution in [3.8, 4) is 0 Å². The molecule has 0 aromatic heterocycles. The SMILES string of the molecule is COC(C)(C)C(=O)N1C[C@H](O)CC1C(=O)N[C@H](Cc1ccc2ccccc2c1)C(=O)NCCCN. The van der Waals surface area contributed by atoms with E-state index in [4.69, 9.17) is 10.5 Å². The number of fused-ring (bicyclic) bond motifs is 1. The van der Waals surface area contributed by atoms with E-state index < -0.39 is 35.6 Å². The first kappa shape index (κ1) is 26.6. The van der Waals surface area contributed by atoms with Crippen LogP contribution in [0, 0.1) is 0 Å². The molecule has 9 nitrogen and oxygen atoms in total. The molecule has 3 rings (SSSR count). The maximum absolute atomic E-state index is 13.3. The van der Waals surface area contributed by atoms with Gasteiger partial charge in [0.2, 0.25) is 11.8 Å². The van der Waals surface area contributed by atoms with Crippen molar-refractivity contribution in [2.24, 2.45) is 5.73 Å². The van der Waals surface area contributed by atoms with Crippen LogP contribution >= 0.6 is 0 Å². The molecule has 1 saturated heterocycles. The molecule has 1 aliphatic heterocycles. The van der Waals surface area contributed by atoms with E-state index in [0.29, 0.717) is 19.5 Å². The maximum atomic E-state index is 13.3. The van der Waals surface area contributed by atoms with E-state index in [1.165, 1.54) is 12.0 Å². The molecule has 1 unspecified atom stereocenters. The van der Waals surface area contributed by atoms with Gasteiger partial charge in [0.05, 0.1) is 6.10 Å². The average molecular weight is 485 g/mol. The fourth-order valence-corrected chi connectivity index (χ4v) is 4.24. The van der Waals surface area contributed by atoms with Gasteiger partial charge in [0.25, 0.3) is 5.91 Å². The molecule has 1 aliphatic rings. The van der Waals surface area contributed by atoms with Crippen molar-refractivity contribution >= 4 is 28.5 Å². The number of carbonyl (C=O) groups excluding carboxylic acids is 3. The van der Waals surface area contributed by atoms with Crippen LogP contribution in [-0.4, -0.2) is 78.3 Å². The molecule has 0 bridgehead atoms. The van der Waals surface area contributed by atoms with Gasteiger partial charge in [0.1, 0.15) is 17.7 Å². The Morgan fingerprint density at radius 1 is 1.20 bits per heavy atom.